The third-order valence-corrected chi connectivity index (χ3v) is 4.63. The van der Waals surface area contributed by atoms with E-state index in [1.54, 1.807) is 24.3 Å². The van der Waals surface area contributed by atoms with Gasteiger partial charge < -0.3 is 10.6 Å². The maximum absolute atomic E-state index is 12.5. The molecule has 1 heterocycles. The number of halogens is 1. The van der Waals surface area contributed by atoms with Gasteiger partial charge in [0.25, 0.3) is 0 Å². The average molecular weight is 372 g/mol. The Morgan fingerprint density at radius 1 is 1.04 bits per heavy atom. The lowest BCUT2D eigenvalue weighted by Crippen LogP contribution is -2.43. The van der Waals surface area contributed by atoms with Crippen LogP contribution >= 0.6 is 11.6 Å². The predicted molar refractivity (Wildman–Crippen MR) is 104 cm³/mol. The van der Waals surface area contributed by atoms with Crippen LogP contribution in [-0.2, 0) is 9.59 Å². The van der Waals surface area contributed by atoms with E-state index in [0.717, 1.165) is 25.1 Å². The number of para-hydroxylation sites is 1. The topological polar surface area (TPSA) is 61.4 Å². The number of piperidine rings is 1. The van der Waals surface area contributed by atoms with Crippen LogP contribution < -0.4 is 10.6 Å². The highest BCUT2D eigenvalue weighted by atomic mass is 35.5. The van der Waals surface area contributed by atoms with E-state index in [9.17, 15) is 9.59 Å². The lowest BCUT2D eigenvalue weighted by atomic mass is 9.97. The van der Waals surface area contributed by atoms with Gasteiger partial charge in [0, 0.05) is 22.9 Å². The molecule has 136 valence electrons. The molecule has 0 aliphatic carbocycles. The zero-order valence-corrected chi connectivity index (χ0v) is 15.2. The van der Waals surface area contributed by atoms with Gasteiger partial charge in [-0.15, -0.1) is 0 Å². The molecule has 1 aliphatic heterocycles. The van der Waals surface area contributed by atoms with Crippen molar-refractivity contribution in [2.45, 2.75) is 12.8 Å². The number of amides is 2. The molecule has 5 nitrogen and oxygen atoms in total. The molecule has 0 radical (unpaired) electrons. The number of anilines is 2. The quantitative estimate of drug-likeness (QED) is 0.843. The van der Waals surface area contributed by atoms with Crippen molar-refractivity contribution in [3.05, 3.63) is 59.6 Å². The molecular formula is C20H22ClN3O2. The van der Waals surface area contributed by atoms with E-state index < -0.39 is 0 Å². The molecule has 3 rings (SSSR count). The number of hydrogen-bond acceptors (Lipinski definition) is 3. The van der Waals surface area contributed by atoms with Gasteiger partial charge in [-0.3, -0.25) is 14.5 Å². The average Bonchev–Trinajstić information content (AvgIpc) is 2.62. The Balaban J connectivity index is 1.51. The molecule has 2 amide bonds. The van der Waals surface area contributed by atoms with Gasteiger partial charge in [0.05, 0.1) is 12.5 Å². The minimum absolute atomic E-state index is 0.0103. The lowest BCUT2D eigenvalue weighted by Gasteiger charge is -2.31. The Kier molecular flexibility index (Phi) is 6.26. The fourth-order valence-electron chi connectivity index (χ4n) is 3.15. The second-order valence-corrected chi connectivity index (χ2v) is 6.92. The number of carbonyl (C=O) groups excluding carboxylic acids is 2. The van der Waals surface area contributed by atoms with Crippen molar-refractivity contribution in [3.8, 4) is 0 Å². The summed E-state index contributed by atoms with van der Waals surface area (Å²) in [5, 5.41) is 6.38. The zero-order valence-electron chi connectivity index (χ0n) is 14.5. The van der Waals surface area contributed by atoms with E-state index in [1.165, 1.54) is 0 Å². The van der Waals surface area contributed by atoms with E-state index in [2.05, 4.69) is 10.6 Å². The first-order chi connectivity index (χ1) is 12.6. The van der Waals surface area contributed by atoms with Crippen molar-refractivity contribution in [2.24, 2.45) is 5.92 Å². The SMILES string of the molecule is O=C(CN1CCCC(C(=O)Nc2ccccc2)C1)Nc1cccc(Cl)c1. The number of hydrogen-bond donors (Lipinski definition) is 2. The summed E-state index contributed by atoms with van der Waals surface area (Å²) >= 11 is 5.93. The third-order valence-electron chi connectivity index (χ3n) is 4.39. The fraction of sp³-hybridized carbons (Fsp3) is 0.300. The van der Waals surface area contributed by atoms with Crippen LogP contribution in [0.25, 0.3) is 0 Å². The van der Waals surface area contributed by atoms with Crippen molar-refractivity contribution in [2.75, 3.05) is 30.3 Å². The number of rotatable bonds is 5. The molecule has 26 heavy (non-hydrogen) atoms. The van der Waals surface area contributed by atoms with Gasteiger partial charge in [-0.05, 0) is 49.7 Å². The maximum atomic E-state index is 12.5. The molecule has 0 aromatic heterocycles. The summed E-state index contributed by atoms with van der Waals surface area (Å²) in [5.41, 5.74) is 1.48. The van der Waals surface area contributed by atoms with Gasteiger partial charge >= 0.3 is 0 Å². The molecule has 2 aromatic rings. The molecule has 1 atom stereocenters. The first-order valence-corrected chi connectivity index (χ1v) is 9.11. The summed E-state index contributed by atoms with van der Waals surface area (Å²) in [6.45, 7) is 1.67. The van der Waals surface area contributed by atoms with Crippen LogP contribution in [0.1, 0.15) is 12.8 Å². The molecule has 1 saturated heterocycles. The number of likely N-dealkylation sites (tertiary alicyclic amines) is 1. The molecule has 1 fully saturated rings. The minimum atomic E-state index is -0.108. The van der Waals surface area contributed by atoms with Gasteiger partial charge in [0.15, 0.2) is 0 Å². The van der Waals surface area contributed by atoms with E-state index in [-0.39, 0.29) is 24.3 Å². The monoisotopic (exact) mass is 371 g/mol. The zero-order chi connectivity index (χ0) is 18.4. The largest absolute Gasteiger partial charge is 0.326 e. The van der Waals surface area contributed by atoms with Crippen molar-refractivity contribution in [3.63, 3.8) is 0 Å². The normalized spacial score (nSPS) is 17.5. The number of nitrogens with zero attached hydrogens (tertiary/aromatic N) is 1. The van der Waals surface area contributed by atoms with Gasteiger partial charge in [0.1, 0.15) is 0 Å². The van der Waals surface area contributed by atoms with Gasteiger partial charge in [-0.25, -0.2) is 0 Å². The molecule has 2 N–H and O–H groups in total. The summed E-state index contributed by atoms with van der Waals surface area (Å²) in [7, 11) is 0. The van der Waals surface area contributed by atoms with Gasteiger partial charge in [-0.2, -0.15) is 0 Å². The molecular weight excluding hydrogens is 350 g/mol. The summed E-state index contributed by atoms with van der Waals surface area (Å²) in [6.07, 6.45) is 1.74. The van der Waals surface area contributed by atoms with E-state index in [4.69, 9.17) is 11.6 Å². The highest BCUT2D eigenvalue weighted by Gasteiger charge is 2.26. The molecule has 6 heteroatoms. The fourth-order valence-corrected chi connectivity index (χ4v) is 3.34. The van der Waals surface area contributed by atoms with E-state index in [0.29, 0.717) is 17.3 Å². The Morgan fingerprint density at radius 3 is 2.58 bits per heavy atom. The van der Waals surface area contributed by atoms with Gasteiger partial charge in [0.2, 0.25) is 11.8 Å². The maximum Gasteiger partial charge on any atom is 0.238 e. The van der Waals surface area contributed by atoms with Crippen LogP contribution in [0.2, 0.25) is 5.02 Å². The molecule has 0 saturated carbocycles. The number of carbonyl (C=O) groups is 2. The Morgan fingerprint density at radius 2 is 1.81 bits per heavy atom. The second-order valence-electron chi connectivity index (χ2n) is 6.49. The molecule has 0 bridgehead atoms. The molecule has 1 unspecified atom stereocenters. The first kappa shape index (κ1) is 18.4. The summed E-state index contributed by atoms with van der Waals surface area (Å²) < 4.78 is 0. The van der Waals surface area contributed by atoms with Crippen molar-refractivity contribution < 1.29 is 9.59 Å². The van der Waals surface area contributed by atoms with E-state index in [1.807, 2.05) is 35.2 Å². The smallest absolute Gasteiger partial charge is 0.238 e. The molecule has 0 spiro atoms. The van der Waals surface area contributed by atoms with Crippen LogP contribution in [0, 0.1) is 5.92 Å². The Hall–Kier alpha value is -2.37. The molecule has 1 aliphatic rings. The Labute approximate surface area is 158 Å². The first-order valence-electron chi connectivity index (χ1n) is 8.74. The van der Waals surface area contributed by atoms with Crippen LogP contribution in [0.15, 0.2) is 54.6 Å². The highest BCUT2D eigenvalue weighted by molar-refractivity contribution is 6.30. The summed E-state index contributed by atoms with van der Waals surface area (Å²) in [5.74, 6) is -0.199. The lowest BCUT2D eigenvalue weighted by molar-refractivity contribution is -0.123. The second kappa shape index (κ2) is 8.83. The third kappa shape index (κ3) is 5.31. The summed E-state index contributed by atoms with van der Waals surface area (Å²) in [6, 6.07) is 16.5. The van der Waals surface area contributed by atoms with Crippen molar-refractivity contribution in [1.82, 2.24) is 4.90 Å². The molecule has 2 aromatic carbocycles. The van der Waals surface area contributed by atoms with Crippen LogP contribution in [-0.4, -0.2) is 36.3 Å². The highest BCUT2D eigenvalue weighted by Crippen LogP contribution is 2.19. The number of benzene rings is 2. The van der Waals surface area contributed by atoms with Gasteiger partial charge in [-0.1, -0.05) is 35.9 Å². The standard InChI is InChI=1S/C20H22ClN3O2/c21-16-7-4-10-18(12-16)22-19(25)14-24-11-5-6-15(13-24)20(26)23-17-8-2-1-3-9-17/h1-4,7-10,12,15H,5-6,11,13-14H2,(H,22,25)(H,23,26). The van der Waals surface area contributed by atoms with Crippen molar-refractivity contribution in [1.29, 1.82) is 0 Å². The Bertz CT molecular complexity index is 767. The van der Waals surface area contributed by atoms with Crippen molar-refractivity contribution >= 4 is 34.8 Å². The van der Waals surface area contributed by atoms with Crippen LogP contribution in [0.4, 0.5) is 11.4 Å². The van der Waals surface area contributed by atoms with Crippen LogP contribution in [0.5, 0.6) is 0 Å². The summed E-state index contributed by atoms with van der Waals surface area (Å²) in [4.78, 5) is 26.8. The minimum Gasteiger partial charge on any atom is -0.326 e. The van der Waals surface area contributed by atoms with Crippen LogP contribution in [0.3, 0.4) is 0 Å². The van der Waals surface area contributed by atoms with E-state index >= 15 is 0 Å². The predicted octanol–water partition coefficient (Wildman–Crippen LogP) is 3.63. The number of nitrogens with one attached hydrogen (secondary N) is 2.